The van der Waals surface area contributed by atoms with Crippen molar-refractivity contribution in [2.45, 2.75) is 27.7 Å². The number of hydrogen-bond acceptors (Lipinski definition) is 1. The number of nitrogens with zero attached hydrogens (tertiary/aromatic N) is 1. The van der Waals surface area contributed by atoms with E-state index in [1.54, 1.807) is 7.05 Å². The lowest BCUT2D eigenvalue weighted by molar-refractivity contribution is 0.505. The number of hydrogen-bond donors (Lipinski definition) is 0. The summed E-state index contributed by atoms with van der Waals surface area (Å²) in [5.74, 6) is 0. The van der Waals surface area contributed by atoms with Crippen molar-refractivity contribution in [1.29, 1.82) is 0 Å². The Balaban J connectivity index is 4.20. The maximum absolute atomic E-state index is 3.89. The quantitative estimate of drug-likeness (QED) is 0.495. The molecule has 0 heterocycles. The summed E-state index contributed by atoms with van der Waals surface area (Å²) in [5.41, 5.74) is 1.64. The molecule has 0 fully saturated rings. The van der Waals surface area contributed by atoms with Gasteiger partial charge >= 0.3 is 0 Å². The topological polar surface area (TPSA) is 12.4 Å². The van der Waals surface area contributed by atoms with E-state index in [9.17, 15) is 0 Å². The third kappa shape index (κ3) is 3.44. The van der Waals surface area contributed by atoms with E-state index in [4.69, 9.17) is 0 Å². The average Bonchev–Trinajstić information content (AvgIpc) is 1.80. The van der Waals surface area contributed by atoms with Gasteiger partial charge in [-0.3, -0.25) is 4.99 Å². The largest absolute Gasteiger partial charge is 0.297 e. The van der Waals surface area contributed by atoms with Crippen molar-refractivity contribution in [3.05, 3.63) is 11.6 Å². The van der Waals surface area contributed by atoms with Crippen LogP contribution in [0.5, 0.6) is 0 Å². The molecule has 0 spiro atoms. The van der Waals surface area contributed by atoms with Crippen molar-refractivity contribution in [1.82, 2.24) is 0 Å². The Kier molecular flexibility index (Phi) is 3.34. The van der Waals surface area contributed by atoms with Crippen LogP contribution in [-0.2, 0) is 0 Å². The van der Waals surface area contributed by atoms with Crippen molar-refractivity contribution in [3.8, 4) is 0 Å². The molecule has 0 aliphatic rings. The van der Waals surface area contributed by atoms with Crippen LogP contribution in [0.15, 0.2) is 16.6 Å². The molecule has 0 amide bonds. The standard InChI is InChI=1S/C9H17N/c1-8(6-7-10-5)9(2,3)4/h6-7H,1-5H3/b8-6+,10-7?. The van der Waals surface area contributed by atoms with Gasteiger partial charge in [-0.1, -0.05) is 26.3 Å². The first-order valence-corrected chi connectivity index (χ1v) is 3.58. The van der Waals surface area contributed by atoms with Gasteiger partial charge in [0.2, 0.25) is 0 Å². The highest BCUT2D eigenvalue weighted by molar-refractivity contribution is 5.72. The fourth-order valence-corrected chi connectivity index (χ4v) is 0.436. The molecule has 1 nitrogen and oxygen atoms in total. The SMILES string of the molecule is CN=C/C=C(\C)C(C)(C)C. The van der Waals surface area contributed by atoms with E-state index in [0.717, 1.165) is 0 Å². The minimum Gasteiger partial charge on any atom is -0.297 e. The highest BCUT2D eigenvalue weighted by Gasteiger charge is 2.10. The van der Waals surface area contributed by atoms with Crippen LogP contribution in [0.4, 0.5) is 0 Å². The second-order valence-electron chi connectivity index (χ2n) is 3.51. The van der Waals surface area contributed by atoms with Crippen molar-refractivity contribution < 1.29 is 0 Å². The van der Waals surface area contributed by atoms with Gasteiger partial charge in [0.1, 0.15) is 0 Å². The Morgan fingerprint density at radius 2 is 1.80 bits per heavy atom. The number of allylic oxidation sites excluding steroid dienone is 2. The average molecular weight is 139 g/mol. The summed E-state index contributed by atoms with van der Waals surface area (Å²) < 4.78 is 0. The molecule has 0 aliphatic heterocycles. The van der Waals surface area contributed by atoms with Gasteiger partial charge in [0, 0.05) is 13.3 Å². The predicted octanol–water partition coefficient (Wildman–Crippen LogP) is 2.68. The van der Waals surface area contributed by atoms with Crippen LogP contribution < -0.4 is 0 Å². The molecule has 1 heteroatoms. The lowest BCUT2D eigenvalue weighted by Gasteiger charge is -2.18. The van der Waals surface area contributed by atoms with E-state index in [2.05, 4.69) is 38.8 Å². The molecular weight excluding hydrogens is 122 g/mol. The number of aliphatic imine (C=N–C) groups is 1. The highest BCUT2D eigenvalue weighted by atomic mass is 14.6. The molecule has 0 aromatic rings. The zero-order chi connectivity index (χ0) is 8.20. The lowest BCUT2D eigenvalue weighted by atomic mass is 9.88. The van der Waals surface area contributed by atoms with Gasteiger partial charge in [-0.2, -0.15) is 0 Å². The smallest absolute Gasteiger partial charge is 0.0277 e. The summed E-state index contributed by atoms with van der Waals surface area (Å²) in [6, 6.07) is 0. The molecule has 0 aliphatic carbocycles. The molecule has 0 radical (unpaired) electrons. The first-order chi connectivity index (χ1) is 4.48. The van der Waals surface area contributed by atoms with Crippen LogP contribution in [0.1, 0.15) is 27.7 Å². The van der Waals surface area contributed by atoms with E-state index in [1.165, 1.54) is 5.57 Å². The summed E-state index contributed by atoms with van der Waals surface area (Å²) in [5, 5.41) is 0. The van der Waals surface area contributed by atoms with Crippen LogP contribution in [0.3, 0.4) is 0 Å². The highest BCUT2D eigenvalue weighted by Crippen LogP contribution is 2.23. The molecular formula is C9H17N. The molecule has 0 bridgehead atoms. The first kappa shape index (κ1) is 9.41. The van der Waals surface area contributed by atoms with Gasteiger partial charge in [-0.25, -0.2) is 0 Å². The van der Waals surface area contributed by atoms with Gasteiger partial charge in [0.25, 0.3) is 0 Å². The minimum absolute atomic E-state index is 0.279. The van der Waals surface area contributed by atoms with Crippen LogP contribution in [0.2, 0.25) is 0 Å². The van der Waals surface area contributed by atoms with Gasteiger partial charge in [-0.05, 0) is 18.4 Å². The third-order valence-corrected chi connectivity index (χ3v) is 1.66. The Morgan fingerprint density at radius 3 is 2.10 bits per heavy atom. The minimum atomic E-state index is 0.279. The summed E-state index contributed by atoms with van der Waals surface area (Å²) in [6.07, 6.45) is 3.89. The van der Waals surface area contributed by atoms with Gasteiger partial charge < -0.3 is 0 Å². The van der Waals surface area contributed by atoms with Crippen molar-refractivity contribution in [3.63, 3.8) is 0 Å². The molecule has 0 saturated heterocycles. The predicted molar refractivity (Wildman–Crippen MR) is 47.6 cm³/mol. The molecule has 0 rings (SSSR count). The Labute approximate surface area is 63.9 Å². The molecule has 0 aromatic heterocycles. The molecule has 0 unspecified atom stereocenters. The summed E-state index contributed by atoms with van der Waals surface area (Å²) >= 11 is 0. The fraction of sp³-hybridized carbons (Fsp3) is 0.667. The molecule has 0 N–H and O–H groups in total. The number of rotatable bonds is 1. The zero-order valence-corrected chi connectivity index (χ0v) is 7.60. The Bertz CT molecular complexity index is 147. The molecule has 0 atom stereocenters. The lowest BCUT2D eigenvalue weighted by Crippen LogP contribution is -2.06. The second kappa shape index (κ2) is 3.55. The van der Waals surface area contributed by atoms with E-state index < -0.39 is 0 Å². The van der Waals surface area contributed by atoms with Crippen molar-refractivity contribution >= 4 is 6.21 Å². The Morgan fingerprint density at radius 1 is 1.30 bits per heavy atom. The van der Waals surface area contributed by atoms with Crippen molar-refractivity contribution in [2.24, 2.45) is 10.4 Å². The van der Waals surface area contributed by atoms with Crippen LogP contribution in [0.25, 0.3) is 0 Å². The third-order valence-electron chi connectivity index (χ3n) is 1.66. The summed E-state index contributed by atoms with van der Waals surface area (Å²) in [4.78, 5) is 3.89. The second-order valence-corrected chi connectivity index (χ2v) is 3.51. The van der Waals surface area contributed by atoms with Gasteiger partial charge in [0.05, 0.1) is 0 Å². The van der Waals surface area contributed by atoms with E-state index in [1.807, 2.05) is 6.21 Å². The molecule has 0 saturated carbocycles. The fourth-order valence-electron chi connectivity index (χ4n) is 0.436. The van der Waals surface area contributed by atoms with E-state index >= 15 is 0 Å². The van der Waals surface area contributed by atoms with Gasteiger partial charge in [-0.15, -0.1) is 0 Å². The van der Waals surface area contributed by atoms with Crippen LogP contribution >= 0.6 is 0 Å². The van der Waals surface area contributed by atoms with E-state index in [-0.39, 0.29) is 5.41 Å². The molecule has 0 aromatic carbocycles. The van der Waals surface area contributed by atoms with Crippen LogP contribution in [-0.4, -0.2) is 13.3 Å². The maximum Gasteiger partial charge on any atom is 0.0277 e. The zero-order valence-electron chi connectivity index (χ0n) is 7.60. The summed E-state index contributed by atoms with van der Waals surface area (Å²) in [7, 11) is 1.78. The Hall–Kier alpha value is -0.590. The van der Waals surface area contributed by atoms with Crippen molar-refractivity contribution in [2.75, 3.05) is 7.05 Å². The monoisotopic (exact) mass is 139 g/mol. The molecule has 58 valence electrons. The van der Waals surface area contributed by atoms with Gasteiger partial charge in [0.15, 0.2) is 0 Å². The molecule has 10 heavy (non-hydrogen) atoms. The van der Waals surface area contributed by atoms with Crippen LogP contribution in [0, 0.1) is 5.41 Å². The summed E-state index contributed by atoms with van der Waals surface area (Å²) in [6.45, 7) is 8.72. The normalized spacial score (nSPS) is 14.7. The first-order valence-electron chi connectivity index (χ1n) is 3.58. The maximum atomic E-state index is 3.89. The van der Waals surface area contributed by atoms with E-state index in [0.29, 0.717) is 0 Å².